The fourth-order valence-electron chi connectivity index (χ4n) is 3.44. The molecular formula is C20H19N5O2. The summed E-state index contributed by atoms with van der Waals surface area (Å²) in [6.07, 6.45) is 5.61. The summed E-state index contributed by atoms with van der Waals surface area (Å²) in [6, 6.07) is 12.0. The zero-order valence-corrected chi connectivity index (χ0v) is 14.8. The van der Waals surface area contributed by atoms with Crippen LogP contribution in [-0.2, 0) is 16.6 Å². The fraction of sp³-hybridized carbons (Fsp3) is 0.150. The van der Waals surface area contributed by atoms with E-state index in [4.69, 9.17) is 10.5 Å². The first-order valence-corrected chi connectivity index (χ1v) is 8.54. The Kier molecular flexibility index (Phi) is 4.33. The van der Waals surface area contributed by atoms with E-state index in [2.05, 4.69) is 37.8 Å². The maximum Gasteiger partial charge on any atom is 0.293 e. The van der Waals surface area contributed by atoms with Crippen molar-refractivity contribution < 1.29 is 9.53 Å². The maximum absolute atomic E-state index is 10.8. The Morgan fingerprint density at radius 3 is 3.00 bits per heavy atom. The molecule has 0 saturated carbocycles. The summed E-state index contributed by atoms with van der Waals surface area (Å²) in [5, 5.41) is 1.13. The van der Waals surface area contributed by atoms with Crippen molar-refractivity contribution in [2.24, 2.45) is 7.05 Å². The Hall–Kier alpha value is -3.61. The van der Waals surface area contributed by atoms with Gasteiger partial charge >= 0.3 is 0 Å². The van der Waals surface area contributed by atoms with E-state index in [0.29, 0.717) is 12.2 Å². The van der Waals surface area contributed by atoms with E-state index >= 15 is 0 Å². The number of rotatable bonds is 6. The Morgan fingerprint density at radius 2 is 2.19 bits per heavy atom. The summed E-state index contributed by atoms with van der Waals surface area (Å²) in [7, 11) is 2.01. The summed E-state index contributed by atoms with van der Waals surface area (Å²) in [5.74, 6) is 0.115. The number of hydrogen-bond acceptors (Lipinski definition) is 5. The third kappa shape index (κ3) is 3.15. The highest BCUT2D eigenvalue weighted by Gasteiger charge is 2.21. The topological polar surface area (TPSA) is 98.8 Å². The molecule has 3 aromatic heterocycles. The number of nitrogens with one attached hydrogen (secondary N) is 1. The molecule has 3 N–H and O–H groups in total. The van der Waals surface area contributed by atoms with Gasteiger partial charge in [0.15, 0.2) is 0 Å². The van der Waals surface area contributed by atoms with Gasteiger partial charge in [0.25, 0.3) is 6.47 Å². The molecule has 0 aliphatic heterocycles. The van der Waals surface area contributed by atoms with E-state index in [9.17, 15) is 4.79 Å². The first kappa shape index (κ1) is 16.8. The highest BCUT2D eigenvalue weighted by molar-refractivity contribution is 5.85. The third-order valence-corrected chi connectivity index (χ3v) is 4.69. The molecule has 0 fully saturated rings. The highest BCUT2D eigenvalue weighted by atomic mass is 16.5. The number of nitrogens with two attached hydrogens (primary N) is 1. The lowest BCUT2D eigenvalue weighted by molar-refractivity contribution is -0.128. The predicted octanol–water partition coefficient (Wildman–Crippen LogP) is 2.85. The lowest BCUT2D eigenvalue weighted by Crippen LogP contribution is -2.08. The van der Waals surface area contributed by atoms with Crippen molar-refractivity contribution in [2.45, 2.75) is 5.92 Å². The van der Waals surface area contributed by atoms with Crippen molar-refractivity contribution in [1.82, 2.24) is 19.5 Å². The molecule has 7 heteroatoms. The molecule has 4 aromatic rings. The van der Waals surface area contributed by atoms with Gasteiger partial charge in [-0.3, -0.25) is 4.79 Å². The minimum Gasteiger partial charge on any atom is -0.467 e. The smallest absolute Gasteiger partial charge is 0.293 e. The highest BCUT2D eigenvalue weighted by Crippen LogP contribution is 2.33. The summed E-state index contributed by atoms with van der Waals surface area (Å²) < 4.78 is 7.23. The molecule has 0 bridgehead atoms. The third-order valence-electron chi connectivity index (χ3n) is 4.69. The maximum atomic E-state index is 10.8. The van der Waals surface area contributed by atoms with E-state index in [1.54, 1.807) is 12.3 Å². The van der Waals surface area contributed by atoms with Crippen molar-refractivity contribution in [3.8, 4) is 11.4 Å². The number of nitrogen functional groups attached to an aromatic ring is 1. The predicted molar refractivity (Wildman–Crippen MR) is 103 cm³/mol. The zero-order chi connectivity index (χ0) is 18.8. The lowest BCUT2D eigenvalue weighted by Gasteiger charge is -2.14. The first-order chi connectivity index (χ1) is 13.2. The molecule has 27 heavy (non-hydrogen) atoms. The second kappa shape index (κ2) is 6.95. The summed E-state index contributed by atoms with van der Waals surface area (Å²) in [5.41, 5.74) is 10.5. The largest absolute Gasteiger partial charge is 0.467 e. The summed E-state index contributed by atoms with van der Waals surface area (Å²) in [4.78, 5) is 22.2. The van der Waals surface area contributed by atoms with E-state index in [1.165, 1.54) is 0 Å². The van der Waals surface area contributed by atoms with Crippen LogP contribution in [0.25, 0.3) is 22.3 Å². The molecule has 0 spiro atoms. The van der Waals surface area contributed by atoms with Gasteiger partial charge in [0.1, 0.15) is 6.61 Å². The number of anilines is 1. The van der Waals surface area contributed by atoms with Gasteiger partial charge in [-0.25, -0.2) is 9.97 Å². The molecule has 0 saturated heterocycles. The molecule has 1 unspecified atom stereocenters. The van der Waals surface area contributed by atoms with Crippen LogP contribution in [-0.4, -0.2) is 32.6 Å². The Bertz CT molecular complexity index is 1100. The Labute approximate surface area is 155 Å². The van der Waals surface area contributed by atoms with Gasteiger partial charge in [-0.1, -0.05) is 18.2 Å². The number of carbonyl (C=O) groups is 1. The molecule has 3 heterocycles. The quantitative estimate of drug-likeness (QED) is 0.515. The number of nitrogens with zero attached hydrogens (tertiary/aromatic N) is 3. The van der Waals surface area contributed by atoms with E-state index in [0.717, 1.165) is 27.7 Å². The van der Waals surface area contributed by atoms with Crippen molar-refractivity contribution in [3.63, 3.8) is 0 Å². The monoisotopic (exact) mass is 361 g/mol. The average molecular weight is 361 g/mol. The van der Waals surface area contributed by atoms with Gasteiger partial charge in [-0.05, 0) is 29.3 Å². The molecule has 0 amide bonds. The van der Waals surface area contributed by atoms with Gasteiger partial charge in [-0.15, -0.1) is 0 Å². The van der Waals surface area contributed by atoms with Crippen molar-refractivity contribution in [3.05, 3.63) is 66.1 Å². The van der Waals surface area contributed by atoms with Crippen molar-refractivity contribution in [2.75, 3.05) is 12.3 Å². The SMILES string of the molecule is Cn1cc(C(COC=O)c2c[nH]c(-c3ccnc(N)n3)c2)c2ccccc21. The second-order valence-corrected chi connectivity index (χ2v) is 6.34. The standard InChI is InChI=1S/C20H19N5O2/c1-25-10-15(14-4-2-3-5-19(14)25)16(11-27-12-26)13-8-18(23-9-13)17-6-7-22-20(21)24-17/h2-10,12,16,23H,11H2,1H3,(H2,21,22,24). The molecule has 0 radical (unpaired) electrons. The number of carbonyl (C=O) groups excluding carboxylic acids is 1. The van der Waals surface area contributed by atoms with Crippen LogP contribution in [0.3, 0.4) is 0 Å². The first-order valence-electron chi connectivity index (χ1n) is 8.54. The molecule has 1 atom stereocenters. The van der Waals surface area contributed by atoms with Crippen molar-refractivity contribution >= 4 is 23.3 Å². The van der Waals surface area contributed by atoms with Crippen LogP contribution in [0.4, 0.5) is 5.95 Å². The van der Waals surface area contributed by atoms with Gasteiger partial charge in [0, 0.05) is 42.5 Å². The number of hydrogen-bond donors (Lipinski definition) is 2. The minimum absolute atomic E-state index is 0.106. The van der Waals surface area contributed by atoms with Gasteiger partial charge in [-0.2, -0.15) is 0 Å². The number of ether oxygens (including phenoxy) is 1. The second-order valence-electron chi connectivity index (χ2n) is 6.34. The number of aromatic amines is 1. The van der Waals surface area contributed by atoms with E-state index in [-0.39, 0.29) is 18.5 Å². The molecule has 7 nitrogen and oxygen atoms in total. The van der Waals surface area contributed by atoms with Gasteiger partial charge in [0.05, 0.1) is 11.4 Å². The van der Waals surface area contributed by atoms with Crippen LogP contribution < -0.4 is 5.73 Å². The van der Waals surface area contributed by atoms with Crippen LogP contribution in [0.2, 0.25) is 0 Å². The number of fused-ring (bicyclic) bond motifs is 1. The molecule has 4 rings (SSSR count). The molecule has 1 aromatic carbocycles. The molecule has 0 aliphatic carbocycles. The van der Waals surface area contributed by atoms with E-state index < -0.39 is 0 Å². The molecular weight excluding hydrogens is 342 g/mol. The normalized spacial score (nSPS) is 12.2. The Balaban J connectivity index is 1.78. The van der Waals surface area contributed by atoms with Crippen LogP contribution in [0, 0.1) is 0 Å². The molecule has 136 valence electrons. The van der Waals surface area contributed by atoms with Crippen LogP contribution in [0.5, 0.6) is 0 Å². The Morgan fingerprint density at radius 1 is 1.33 bits per heavy atom. The lowest BCUT2D eigenvalue weighted by atomic mass is 9.93. The van der Waals surface area contributed by atoms with E-state index in [1.807, 2.05) is 31.4 Å². The number of aryl methyl sites for hydroxylation is 1. The average Bonchev–Trinajstić information content (AvgIpc) is 3.29. The fourth-order valence-corrected chi connectivity index (χ4v) is 3.44. The number of H-pyrrole nitrogens is 1. The van der Waals surface area contributed by atoms with Crippen molar-refractivity contribution in [1.29, 1.82) is 0 Å². The number of para-hydroxylation sites is 1. The van der Waals surface area contributed by atoms with Gasteiger partial charge in [0.2, 0.25) is 5.95 Å². The molecule has 0 aliphatic rings. The summed E-state index contributed by atoms with van der Waals surface area (Å²) in [6.45, 7) is 0.734. The van der Waals surface area contributed by atoms with Crippen LogP contribution in [0.15, 0.2) is 55.0 Å². The van der Waals surface area contributed by atoms with Crippen LogP contribution >= 0.6 is 0 Å². The number of aromatic nitrogens is 4. The van der Waals surface area contributed by atoms with Gasteiger partial charge < -0.3 is 20.0 Å². The van der Waals surface area contributed by atoms with Crippen LogP contribution in [0.1, 0.15) is 17.0 Å². The summed E-state index contributed by atoms with van der Waals surface area (Å²) >= 11 is 0. The number of benzene rings is 1. The zero-order valence-electron chi connectivity index (χ0n) is 14.8. The minimum atomic E-state index is -0.106.